The predicted octanol–water partition coefficient (Wildman–Crippen LogP) is 4.02. The van der Waals surface area contributed by atoms with E-state index in [4.69, 9.17) is 16.0 Å². The zero-order chi connectivity index (χ0) is 18.5. The van der Waals surface area contributed by atoms with Crippen LogP contribution in [0.25, 0.3) is 0 Å². The van der Waals surface area contributed by atoms with Crippen molar-refractivity contribution in [3.05, 3.63) is 75.6 Å². The summed E-state index contributed by atoms with van der Waals surface area (Å²) in [6, 6.07) is 11.1. The van der Waals surface area contributed by atoms with E-state index in [-0.39, 0.29) is 23.2 Å². The lowest BCUT2D eigenvalue weighted by molar-refractivity contribution is -0.136. The third-order valence-electron chi connectivity index (χ3n) is 3.62. The number of carbonyl (C=O) groups is 2. The minimum absolute atomic E-state index is 0.140. The molecule has 0 aliphatic rings. The Morgan fingerprint density at radius 1 is 1.19 bits per heavy atom. The Labute approximate surface area is 157 Å². The van der Waals surface area contributed by atoms with Crippen LogP contribution in [-0.4, -0.2) is 18.4 Å². The minimum atomic E-state index is -0.864. The fourth-order valence-corrected chi connectivity index (χ4v) is 3.37. The van der Waals surface area contributed by atoms with Crippen molar-refractivity contribution in [2.24, 2.45) is 0 Å². The Bertz CT molecular complexity index is 863. The van der Waals surface area contributed by atoms with Gasteiger partial charge in [-0.2, -0.15) is 0 Å². The van der Waals surface area contributed by atoms with Gasteiger partial charge in [-0.15, -0.1) is 11.3 Å². The van der Waals surface area contributed by atoms with Crippen molar-refractivity contribution in [3.8, 4) is 0 Å². The van der Waals surface area contributed by atoms with E-state index in [1.54, 1.807) is 12.3 Å². The Morgan fingerprint density at radius 3 is 2.69 bits per heavy atom. The Morgan fingerprint density at radius 2 is 2.04 bits per heavy atom. The molecule has 1 atom stereocenters. The van der Waals surface area contributed by atoms with Gasteiger partial charge in [-0.05, 0) is 41.8 Å². The van der Waals surface area contributed by atoms with Gasteiger partial charge in [0.1, 0.15) is 11.6 Å². The zero-order valence-corrected chi connectivity index (χ0v) is 14.9. The predicted molar refractivity (Wildman–Crippen MR) is 97.9 cm³/mol. The maximum absolute atomic E-state index is 13.1. The van der Waals surface area contributed by atoms with E-state index >= 15 is 0 Å². The number of anilines is 1. The first-order valence-electron chi connectivity index (χ1n) is 7.65. The molecule has 2 N–H and O–H groups in total. The van der Waals surface area contributed by atoms with E-state index in [2.05, 4.69) is 10.6 Å². The van der Waals surface area contributed by atoms with Crippen LogP contribution in [0.5, 0.6) is 0 Å². The summed E-state index contributed by atoms with van der Waals surface area (Å²) in [5.74, 6) is -1.78. The van der Waals surface area contributed by atoms with Gasteiger partial charge in [0, 0.05) is 17.1 Å². The number of carbonyl (C=O) groups excluding carboxylic acids is 2. The van der Waals surface area contributed by atoms with Crippen molar-refractivity contribution in [1.82, 2.24) is 5.32 Å². The van der Waals surface area contributed by atoms with Gasteiger partial charge >= 0.3 is 11.8 Å². The maximum Gasteiger partial charge on any atom is 0.313 e. The summed E-state index contributed by atoms with van der Waals surface area (Å²) >= 11 is 7.19. The van der Waals surface area contributed by atoms with Crippen LogP contribution in [0.1, 0.15) is 16.6 Å². The summed E-state index contributed by atoms with van der Waals surface area (Å²) in [5, 5.41) is 6.76. The van der Waals surface area contributed by atoms with Crippen molar-refractivity contribution < 1.29 is 18.4 Å². The number of thiophene rings is 1. The first-order valence-corrected chi connectivity index (χ1v) is 8.91. The number of nitrogens with one attached hydrogen (secondary N) is 2. The highest BCUT2D eigenvalue weighted by molar-refractivity contribution is 7.10. The standard InChI is InChI=1S/C18H14ClFN2O3S/c19-13-9-11(5-6-14(13)20)22-18(24)17(23)21-10-12(15-3-1-7-25-15)16-4-2-8-26-16/h1-9,12H,10H2,(H,21,23)(H,22,24)/t12-/m0/s1. The normalized spacial score (nSPS) is 11.8. The Hall–Kier alpha value is -2.64. The maximum atomic E-state index is 13.1. The van der Waals surface area contributed by atoms with Crippen molar-refractivity contribution in [3.63, 3.8) is 0 Å². The van der Waals surface area contributed by atoms with E-state index < -0.39 is 17.6 Å². The average Bonchev–Trinajstić information content (AvgIpc) is 3.32. The molecule has 0 radical (unpaired) electrons. The van der Waals surface area contributed by atoms with Gasteiger partial charge in [-0.25, -0.2) is 4.39 Å². The Kier molecular flexibility index (Phi) is 5.70. The lowest BCUT2D eigenvalue weighted by Crippen LogP contribution is -2.37. The van der Waals surface area contributed by atoms with Gasteiger partial charge in [0.25, 0.3) is 0 Å². The third-order valence-corrected chi connectivity index (χ3v) is 4.90. The molecule has 0 bridgehead atoms. The quantitative estimate of drug-likeness (QED) is 0.644. The zero-order valence-electron chi connectivity index (χ0n) is 13.4. The van der Waals surface area contributed by atoms with Crippen LogP contribution in [0.3, 0.4) is 0 Å². The van der Waals surface area contributed by atoms with Crippen molar-refractivity contribution in [2.75, 3.05) is 11.9 Å². The molecule has 0 aliphatic heterocycles. The van der Waals surface area contributed by atoms with E-state index in [9.17, 15) is 14.0 Å². The fourth-order valence-electron chi connectivity index (χ4n) is 2.36. The highest BCUT2D eigenvalue weighted by Gasteiger charge is 2.21. The summed E-state index contributed by atoms with van der Waals surface area (Å²) in [5.41, 5.74) is 0.234. The molecule has 0 saturated heterocycles. The molecular formula is C18H14ClFN2O3S. The van der Waals surface area contributed by atoms with Crippen LogP contribution in [0.4, 0.5) is 10.1 Å². The number of amides is 2. The molecule has 0 aliphatic carbocycles. The number of rotatable bonds is 5. The molecule has 2 amide bonds. The van der Waals surface area contributed by atoms with Gasteiger partial charge in [0.2, 0.25) is 0 Å². The topological polar surface area (TPSA) is 71.3 Å². The summed E-state index contributed by atoms with van der Waals surface area (Å²) in [7, 11) is 0. The molecule has 2 aromatic heterocycles. The summed E-state index contributed by atoms with van der Waals surface area (Å²) in [6.07, 6.45) is 1.56. The van der Waals surface area contributed by atoms with Crippen LogP contribution in [0.15, 0.2) is 58.5 Å². The van der Waals surface area contributed by atoms with Crippen LogP contribution >= 0.6 is 22.9 Å². The summed E-state index contributed by atoms with van der Waals surface area (Å²) < 4.78 is 18.6. The molecule has 0 spiro atoms. The number of halogens is 2. The Balaban J connectivity index is 1.63. The largest absolute Gasteiger partial charge is 0.469 e. The molecule has 26 heavy (non-hydrogen) atoms. The number of hydrogen-bond donors (Lipinski definition) is 2. The second-order valence-corrected chi connectivity index (χ2v) is 6.76. The van der Waals surface area contributed by atoms with E-state index in [0.717, 1.165) is 10.9 Å². The molecule has 0 unspecified atom stereocenters. The lowest BCUT2D eigenvalue weighted by Gasteiger charge is -2.14. The number of benzene rings is 1. The summed E-state index contributed by atoms with van der Waals surface area (Å²) in [6.45, 7) is 0.199. The number of furan rings is 1. The molecule has 3 aromatic rings. The molecule has 134 valence electrons. The second kappa shape index (κ2) is 8.16. The van der Waals surface area contributed by atoms with Crippen molar-refractivity contribution >= 4 is 40.4 Å². The number of hydrogen-bond acceptors (Lipinski definition) is 4. The van der Waals surface area contributed by atoms with Crippen LogP contribution < -0.4 is 10.6 Å². The van der Waals surface area contributed by atoms with Crippen LogP contribution in [0, 0.1) is 5.82 Å². The lowest BCUT2D eigenvalue weighted by atomic mass is 10.0. The fraction of sp³-hybridized carbons (Fsp3) is 0.111. The highest BCUT2D eigenvalue weighted by Crippen LogP contribution is 2.28. The van der Waals surface area contributed by atoms with E-state index in [1.807, 2.05) is 23.6 Å². The molecule has 0 saturated carbocycles. The minimum Gasteiger partial charge on any atom is -0.469 e. The first kappa shape index (κ1) is 18.2. The molecule has 1 aromatic carbocycles. The third kappa shape index (κ3) is 4.30. The van der Waals surface area contributed by atoms with Gasteiger partial charge < -0.3 is 15.1 Å². The molecule has 8 heteroatoms. The van der Waals surface area contributed by atoms with Crippen molar-refractivity contribution in [1.29, 1.82) is 0 Å². The smallest absolute Gasteiger partial charge is 0.313 e. The van der Waals surface area contributed by atoms with E-state index in [1.165, 1.54) is 23.5 Å². The molecule has 0 fully saturated rings. The van der Waals surface area contributed by atoms with Gasteiger partial charge in [0.05, 0.1) is 17.2 Å². The average molecular weight is 393 g/mol. The summed E-state index contributed by atoms with van der Waals surface area (Å²) in [4.78, 5) is 25.1. The monoisotopic (exact) mass is 392 g/mol. The second-order valence-electron chi connectivity index (χ2n) is 5.38. The SMILES string of the molecule is O=C(NC[C@@H](c1ccco1)c1cccs1)C(=O)Nc1ccc(F)c(Cl)c1. The van der Waals surface area contributed by atoms with Crippen LogP contribution in [-0.2, 0) is 9.59 Å². The molecule has 3 rings (SSSR count). The van der Waals surface area contributed by atoms with Gasteiger partial charge in [-0.1, -0.05) is 17.7 Å². The first-order chi connectivity index (χ1) is 12.5. The van der Waals surface area contributed by atoms with Crippen LogP contribution in [0.2, 0.25) is 5.02 Å². The van der Waals surface area contributed by atoms with Crippen molar-refractivity contribution in [2.45, 2.75) is 5.92 Å². The van der Waals surface area contributed by atoms with E-state index in [0.29, 0.717) is 5.76 Å². The molecular weight excluding hydrogens is 379 g/mol. The molecule has 5 nitrogen and oxygen atoms in total. The van der Waals surface area contributed by atoms with Gasteiger partial charge in [0.15, 0.2) is 0 Å². The molecule has 2 heterocycles. The highest BCUT2D eigenvalue weighted by atomic mass is 35.5. The van der Waals surface area contributed by atoms with Gasteiger partial charge in [-0.3, -0.25) is 9.59 Å².